The number of aromatic hydroxyl groups is 1. The number of phenolic OH excluding ortho intramolecular Hbond substituents is 1. The monoisotopic (exact) mass is 340 g/mol. The summed E-state index contributed by atoms with van der Waals surface area (Å²) in [5.41, 5.74) is 6.91. The fraction of sp³-hybridized carbons (Fsp3) is 0. The van der Waals surface area contributed by atoms with E-state index in [4.69, 9.17) is 17.3 Å². The van der Waals surface area contributed by atoms with Crippen LogP contribution >= 0.6 is 27.5 Å². The van der Waals surface area contributed by atoms with Crippen molar-refractivity contribution in [2.45, 2.75) is 0 Å². The molecule has 0 saturated heterocycles. The van der Waals surface area contributed by atoms with Gasteiger partial charge in [-0.3, -0.25) is 4.79 Å². The molecule has 19 heavy (non-hydrogen) atoms. The fourth-order valence-corrected chi connectivity index (χ4v) is 2.06. The Morgan fingerprint density at radius 3 is 2.74 bits per heavy atom. The normalized spacial score (nSPS) is 10.2. The van der Waals surface area contributed by atoms with E-state index in [-0.39, 0.29) is 16.3 Å². The number of benzene rings is 2. The van der Waals surface area contributed by atoms with Gasteiger partial charge in [-0.2, -0.15) is 0 Å². The summed E-state index contributed by atoms with van der Waals surface area (Å²) in [6, 6.07) is 9.24. The third kappa shape index (κ3) is 3.19. The van der Waals surface area contributed by atoms with E-state index in [0.29, 0.717) is 15.8 Å². The summed E-state index contributed by atoms with van der Waals surface area (Å²) in [7, 11) is 0. The topological polar surface area (TPSA) is 75.3 Å². The van der Waals surface area contributed by atoms with Crippen LogP contribution in [0.25, 0.3) is 0 Å². The van der Waals surface area contributed by atoms with Gasteiger partial charge in [0.25, 0.3) is 5.91 Å². The van der Waals surface area contributed by atoms with Crippen LogP contribution in [0.1, 0.15) is 10.4 Å². The molecule has 0 radical (unpaired) electrons. The second-order valence-corrected chi connectivity index (χ2v) is 5.12. The van der Waals surface area contributed by atoms with E-state index in [2.05, 4.69) is 21.2 Å². The Balaban J connectivity index is 2.30. The number of carbonyl (C=O) groups excluding carboxylic acids is 1. The lowest BCUT2D eigenvalue weighted by Gasteiger charge is -2.09. The Labute approximate surface area is 123 Å². The van der Waals surface area contributed by atoms with Crippen LogP contribution in [-0.4, -0.2) is 11.0 Å². The number of nitrogens with two attached hydrogens (primary N) is 1. The average Bonchev–Trinajstić information content (AvgIpc) is 2.36. The third-order valence-electron chi connectivity index (χ3n) is 2.43. The zero-order chi connectivity index (χ0) is 14.0. The van der Waals surface area contributed by atoms with Crippen molar-refractivity contribution >= 4 is 44.8 Å². The van der Waals surface area contributed by atoms with Crippen LogP contribution < -0.4 is 11.1 Å². The molecule has 0 aliphatic carbocycles. The molecule has 2 aromatic rings. The summed E-state index contributed by atoms with van der Waals surface area (Å²) < 4.78 is 0.700. The Hall–Kier alpha value is -1.72. The number of hydrogen-bond donors (Lipinski definition) is 3. The standard InChI is InChI=1S/C13H10BrClN2O2/c14-10-3-1-7(16)5-12(10)17-13(19)9-6-8(18)2-4-11(9)15/h1-6,18H,16H2,(H,17,19). The molecule has 0 spiro atoms. The van der Waals surface area contributed by atoms with Crippen molar-refractivity contribution in [3.63, 3.8) is 0 Å². The van der Waals surface area contributed by atoms with Crippen molar-refractivity contribution < 1.29 is 9.90 Å². The summed E-state index contributed by atoms with van der Waals surface area (Å²) >= 11 is 9.23. The largest absolute Gasteiger partial charge is 0.508 e. The van der Waals surface area contributed by atoms with Crippen molar-refractivity contribution in [3.8, 4) is 5.75 Å². The molecule has 0 heterocycles. The van der Waals surface area contributed by atoms with Crippen molar-refractivity contribution in [2.75, 3.05) is 11.1 Å². The van der Waals surface area contributed by atoms with Gasteiger partial charge >= 0.3 is 0 Å². The number of carbonyl (C=O) groups is 1. The number of nitrogen functional groups attached to an aromatic ring is 1. The van der Waals surface area contributed by atoms with Gasteiger partial charge in [0, 0.05) is 10.2 Å². The molecule has 2 rings (SSSR count). The van der Waals surface area contributed by atoms with Crippen LogP contribution in [0.2, 0.25) is 5.02 Å². The van der Waals surface area contributed by atoms with Crippen molar-refractivity contribution in [1.29, 1.82) is 0 Å². The molecule has 0 saturated carbocycles. The Morgan fingerprint density at radius 1 is 1.26 bits per heavy atom. The van der Waals surface area contributed by atoms with E-state index < -0.39 is 5.91 Å². The summed E-state index contributed by atoms with van der Waals surface area (Å²) in [5.74, 6) is -0.451. The molecule has 6 heteroatoms. The summed E-state index contributed by atoms with van der Waals surface area (Å²) in [4.78, 5) is 12.1. The highest BCUT2D eigenvalue weighted by Crippen LogP contribution is 2.27. The third-order valence-corrected chi connectivity index (χ3v) is 3.45. The maximum atomic E-state index is 12.1. The SMILES string of the molecule is Nc1ccc(Br)c(NC(=O)c2cc(O)ccc2Cl)c1. The predicted molar refractivity (Wildman–Crippen MR) is 79.6 cm³/mol. The maximum absolute atomic E-state index is 12.1. The van der Waals surface area contributed by atoms with Gasteiger partial charge in [0.05, 0.1) is 16.3 Å². The van der Waals surface area contributed by atoms with Crippen molar-refractivity contribution in [2.24, 2.45) is 0 Å². The minimum absolute atomic E-state index is 0.0267. The van der Waals surface area contributed by atoms with Gasteiger partial charge in [0.1, 0.15) is 5.75 Å². The van der Waals surface area contributed by atoms with Crippen LogP contribution in [0.3, 0.4) is 0 Å². The van der Waals surface area contributed by atoms with E-state index in [1.54, 1.807) is 18.2 Å². The molecule has 4 nitrogen and oxygen atoms in total. The van der Waals surface area contributed by atoms with Gasteiger partial charge in [0.15, 0.2) is 0 Å². The first kappa shape index (κ1) is 13.7. The number of rotatable bonds is 2. The van der Waals surface area contributed by atoms with E-state index >= 15 is 0 Å². The molecule has 98 valence electrons. The molecular formula is C13H10BrClN2O2. The van der Waals surface area contributed by atoms with Crippen molar-refractivity contribution in [3.05, 3.63) is 51.5 Å². The molecule has 0 atom stereocenters. The van der Waals surface area contributed by atoms with Gasteiger partial charge in [-0.1, -0.05) is 11.6 Å². The first-order valence-corrected chi connectivity index (χ1v) is 6.49. The zero-order valence-electron chi connectivity index (χ0n) is 9.65. The van der Waals surface area contributed by atoms with Gasteiger partial charge in [0.2, 0.25) is 0 Å². The lowest BCUT2D eigenvalue weighted by atomic mass is 10.2. The number of nitrogens with one attached hydrogen (secondary N) is 1. The second kappa shape index (κ2) is 5.50. The minimum Gasteiger partial charge on any atom is -0.508 e. The van der Waals surface area contributed by atoms with Gasteiger partial charge in [-0.15, -0.1) is 0 Å². The average molecular weight is 342 g/mol. The molecule has 0 aliphatic rings. The van der Waals surface area contributed by atoms with Gasteiger partial charge in [-0.05, 0) is 52.3 Å². The highest BCUT2D eigenvalue weighted by Gasteiger charge is 2.13. The van der Waals surface area contributed by atoms with E-state index in [1.807, 2.05) is 0 Å². The second-order valence-electron chi connectivity index (χ2n) is 3.86. The lowest BCUT2D eigenvalue weighted by Crippen LogP contribution is -2.13. The molecule has 0 aromatic heterocycles. The smallest absolute Gasteiger partial charge is 0.257 e. The number of phenols is 1. The number of halogens is 2. The lowest BCUT2D eigenvalue weighted by molar-refractivity contribution is 0.102. The van der Waals surface area contributed by atoms with Crippen LogP contribution in [0.4, 0.5) is 11.4 Å². The first-order valence-electron chi connectivity index (χ1n) is 5.32. The number of hydrogen-bond acceptors (Lipinski definition) is 3. The van der Waals surface area contributed by atoms with Gasteiger partial charge in [-0.25, -0.2) is 0 Å². The maximum Gasteiger partial charge on any atom is 0.257 e. The molecule has 0 aliphatic heterocycles. The van der Waals surface area contributed by atoms with Crippen molar-refractivity contribution in [1.82, 2.24) is 0 Å². The minimum atomic E-state index is -0.424. The Morgan fingerprint density at radius 2 is 2.00 bits per heavy atom. The Bertz CT molecular complexity index is 647. The molecule has 4 N–H and O–H groups in total. The summed E-state index contributed by atoms with van der Waals surface area (Å²) in [6.45, 7) is 0. The predicted octanol–water partition coefficient (Wildman–Crippen LogP) is 3.64. The molecular weight excluding hydrogens is 332 g/mol. The quantitative estimate of drug-likeness (QED) is 0.730. The van der Waals surface area contributed by atoms with Crippen LogP contribution in [0.5, 0.6) is 5.75 Å². The van der Waals surface area contributed by atoms with Crippen LogP contribution in [0.15, 0.2) is 40.9 Å². The molecule has 0 bridgehead atoms. The zero-order valence-corrected chi connectivity index (χ0v) is 12.0. The summed E-state index contributed by atoms with van der Waals surface area (Å²) in [6.07, 6.45) is 0. The van der Waals surface area contributed by atoms with E-state index in [0.717, 1.165) is 0 Å². The molecule has 0 unspecified atom stereocenters. The highest BCUT2D eigenvalue weighted by atomic mass is 79.9. The molecule has 2 aromatic carbocycles. The van der Waals surface area contributed by atoms with Gasteiger partial charge < -0.3 is 16.2 Å². The van der Waals surface area contributed by atoms with Crippen LogP contribution in [-0.2, 0) is 0 Å². The highest BCUT2D eigenvalue weighted by molar-refractivity contribution is 9.10. The number of anilines is 2. The molecule has 0 fully saturated rings. The summed E-state index contributed by atoms with van der Waals surface area (Å²) in [5, 5.41) is 12.3. The van der Waals surface area contributed by atoms with E-state index in [1.165, 1.54) is 18.2 Å². The van der Waals surface area contributed by atoms with E-state index in [9.17, 15) is 9.90 Å². The van der Waals surface area contributed by atoms with Crippen LogP contribution in [0, 0.1) is 0 Å². The fourth-order valence-electron chi connectivity index (χ4n) is 1.52. The number of amides is 1. The molecule has 1 amide bonds. The Kier molecular flexibility index (Phi) is 3.97. The first-order chi connectivity index (χ1) is 8.97.